The summed E-state index contributed by atoms with van der Waals surface area (Å²) in [5, 5.41) is 10.9. The van der Waals surface area contributed by atoms with Crippen molar-refractivity contribution in [1.29, 1.82) is 0 Å². The lowest BCUT2D eigenvalue weighted by Gasteiger charge is -2.27. The average Bonchev–Trinajstić information content (AvgIpc) is 3.00. The third-order valence-electron chi connectivity index (χ3n) is 5.64. The zero-order valence-electron chi connectivity index (χ0n) is 17.5. The third kappa shape index (κ3) is 3.73. The first-order chi connectivity index (χ1) is 14.5. The highest BCUT2D eigenvalue weighted by Crippen LogP contribution is 2.43. The van der Waals surface area contributed by atoms with Crippen molar-refractivity contribution in [2.75, 3.05) is 0 Å². The molecule has 4 rings (SSSR count). The van der Waals surface area contributed by atoms with E-state index in [2.05, 4.69) is 43.1 Å². The summed E-state index contributed by atoms with van der Waals surface area (Å²) in [4.78, 5) is 19.2. The number of nitrogens with zero attached hydrogens (tertiary/aromatic N) is 2. The van der Waals surface area contributed by atoms with Crippen LogP contribution in [0.3, 0.4) is 0 Å². The van der Waals surface area contributed by atoms with E-state index in [1.54, 1.807) is 11.1 Å². The number of amides is 1. The van der Waals surface area contributed by atoms with Gasteiger partial charge in [-0.25, -0.2) is 0 Å². The van der Waals surface area contributed by atoms with Crippen LogP contribution >= 0.6 is 0 Å². The fourth-order valence-corrected chi connectivity index (χ4v) is 3.92. The predicted molar refractivity (Wildman–Crippen MR) is 119 cm³/mol. The van der Waals surface area contributed by atoms with Crippen LogP contribution in [-0.2, 0) is 11.3 Å². The van der Waals surface area contributed by atoms with Crippen molar-refractivity contribution in [1.82, 2.24) is 9.88 Å². The number of carbonyl (C=O) groups excluding carboxylic acids is 1. The molecule has 3 aromatic rings. The first-order valence-corrected chi connectivity index (χ1v) is 10.3. The van der Waals surface area contributed by atoms with E-state index in [9.17, 15) is 9.90 Å². The highest BCUT2D eigenvalue weighted by Gasteiger charge is 2.41. The molecule has 0 bridgehead atoms. The maximum Gasteiger partial charge on any atom is 0.290 e. The number of aryl methyl sites for hydroxylation is 1. The standard InChI is InChI=1S/C26H26N2O2/c1-17(2)19-11-13-21(14-12-19)24-23(20-9-7-18(3)8-10-20)25(29)26(30)28(24)16-22-6-4-5-15-27-22/h4-15,17,24,29H,16H2,1-3H3/t24-/m0/s1. The number of pyridine rings is 1. The Morgan fingerprint density at radius 1 is 1.00 bits per heavy atom. The molecule has 0 saturated carbocycles. The maximum absolute atomic E-state index is 13.1. The molecule has 4 nitrogen and oxygen atoms in total. The van der Waals surface area contributed by atoms with Crippen molar-refractivity contribution in [2.24, 2.45) is 0 Å². The van der Waals surface area contributed by atoms with Crippen molar-refractivity contribution in [2.45, 2.75) is 39.3 Å². The van der Waals surface area contributed by atoms with Gasteiger partial charge in [-0.05, 0) is 41.7 Å². The number of hydrogen-bond acceptors (Lipinski definition) is 3. The molecule has 1 amide bonds. The maximum atomic E-state index is 13.1. The van der Waals surface area contributed by atoms with Gasteiger partial charge >= 0.3 is 0 Å². The Balaban J connectivity index is 1.80. The highest BCUT2D eigenvalue weighted by molar-refractivity contribution is 6.05. The van der Waals surface area contributed by atoms with E-state index in [1.165, 1.54) is 5.56 Å². The Morgan fingerprint density at radius 2 is 1.70 bits per heavy atom. The summed E-state index contributed by atoms with van der Waals surface area (Å²) >= 11 is 0. The summed E-state index contributed by atoms with van der Waals surface area (Å²) in [7, 11) is 0. The van der Waals surface area contributed by atoms with E-state index >= 15 is 0 Å². The molecule has 0 fully saturated rings. The average molecular weight is 399 g/mol. The summed E-state index contributed by atoms with van der Waals surface area (Å²) in [5.74, 6) is -0.128. The molecular formula is C26H26N2O2. The zero-order valence-corrected chi connectivity index (χ0v) is 17.5. The fraction of sp³-hybridized carbons (Fsp3) is 0.231. The summed E-state index contributed by atoms with van der Waals surface area (Å²) in [6.45, 7) is 6.67. The van der Waals surface area contributed by atoms with Gasteiger partial charge in [-0.15, -0.1) is 0 Å². The van der Waals surface area contributed by atoms with Crippen molar-refractivity contribution in [3.63, 3.8) is 0 Å². The molecule has 2 heterocycles. The van der Waals surface area contributed by atoms with Gasteiger partial charge in [-0.2, -0.15) is 0 Å². The van der Waals surface area contributed by atoms with Gasteiger partial charge in [0.15, 0.2) is 5.76 Å². The summed E-state index contributed by atoms with van der Waals surface area (Å²) in [6.07, 6.45) is 1.72. The van der Waals surface area contributed by atoms with E-state index in [-0.39, 0.29) is 17.7 Å². The molecule has 1 aliphatic rings. The minimum atomic E-state index is -0.372. The number of aliphatic hydroxyl groups is 1. The summed E-state index contributed by atoms with van der Waals surface area (Å²) < 4.78 is 0. The van der Waals surface area contributed by atoms with E-state index in [0.717, 1.165) is 22.4 Å². The van der Waals surface area contributed by atoms with Gasteiger partial charge in [-0.3, -0.25) is 9.78 Å². The lowest BCUT2D eigenvalue weighted by Crippen LogP contribution is -2.30. The van der Waals surface area contributed by atoms with Crippen LogP contribution < -0.4 is 0 Å². The van der Waals surface area contributed by atoms with Crippen molar-refractivity contribution in [3.05, 3.63) is 107 Å². The second kappa shape index (κ2) is 8.15. The topological polar surface area (TPSA) is 53.4 Å². The second-order valence-electron chi connectivity index (χ2n) is 8.11. The van der Waals surface area contributed by atoms with Gasteiger partial charge in [0.25, 0.3) is 5.91 Å². The number of aliphatic hydroxyl groups excluding tert-OH is 1. The molecule has 0 radical (unpaired) electrons. The van der Waals surface area contributed by atoms with Crippen LogP contribution in [0.15, 0.2) is 78.7 Å². The molecule has 2 aromatic carbocycles. The van der Waals surface area contributed by atoms with Crippen LogP contribution in [0, 0.1) is 6.92 Å². The Morgan fingerprint density at radius 3 is 2.30 bits per heavy atom. The largest absolute Gasteiger partial charge is 0.503 e. The van der Waals surface area contributed by atoms with Crippen LogP contribution in [0.5, 0.6) is 0 Å². The number of carbonyl (C=O) groups is 1. The Kier molecular flexibility index (Phi) is 5.40. The second-order valence-corrected chi connectivity index (χ2v) is 8.11. The van der Waals surface area contributed by atoms with Crippen LogP contribution in [0.1, 0.15) is 53.8 Å². The summed E-state index contributed by atoms with van der Waals surface area (Å²) in [5.41, 5.74) is 5.63. The molecule has 0 spiro atoms. The molecule has 0 aliphatic carbocycles. The lowest BCUT2D eigenvalue weighted by molar-refractivity contribution is -0.130. The SMILES string of the molecule is Cc1ccc(C2=C(O)C(=O)N(Cc3ccccn3)[C@H]2c2ccc(C(C)C)cc2)cc1. The number of benzene rings is 2. The van der Waals surface area contributed by atoms with Gasteiger partial charge in [-0.1, -0.05) is 74.0 Å². The fourth-order valence-electron chi connectivity index (χ4n) is 3.92. The van der Waals surface area contributed by atoms with E-state index in [1.807, 2.05) is 49.4 Å². The number of hydrogen-bond donors (Lipinski definition) is 1. The Hall–Kier alpha value is -3.40. The minimum Gasteiger partial charge on any atom is -0.503 e. The minimum absolute atomic E-state index is 0.187. The van der Waals surface area contributed by atoms with Crippen molar-refractivity contribution < 1.29 is 9.90 Å². The molecule has 1 aliphatic heterocycles. The molecular weight excluding hydrogens is 372 g/mol. The normalized spacial score (nSPS) is 16.6. The number of rotatable bonds is 5. The molecule has 0 unspecified atom stereocenters. The van der Waals surface area contributed by atoms with Gasteiger partial charge < -0.3 is 10.0 Å². The van der Waals surface area contributed by atoms with Crippen LogP contribution in [0.4, 0.5) is 0 Å². The molecule has 0 saturated heterocycles. The van der Waals surface area contributed by atoms with Gasteiger partial charge in [0, 0.05) is 11.8 Å². The molecule has 152 valence electrons. The third-order valence-corrected chi connectivity index (χ3v) is 5.64. The van der Waals surface area contributed by atoms with Crippen LogP contribution in [0.2, 0.25) is 0 Å². The smallest absolute Gasteiger partial charge is 0.290 e. The predicted octanol–water partition coefficient (Wildman–Crippen LogP) is 5.57. The molecule has 1 aromatic heterocycles. The van der Waals surface area contributed by atoms with Gasteiger partial charge in [0.2, 0.25) is 0 Å². The van der Waals surface area contributed by atoms with Gasteiger partial charge in [0.1, 0.15) is 0 Å². The van der Waals surface area contributed by atoms with E-state index in [0.29, 0.717) is 18.0 Å². The Labute approximate surface area is 177 Å². The van der Waals surface area contributed by atoms with Crippen LogP contribution in [-0.4, -0.2) is 20.9 Å². The molecule has 1 N–H and O–H groups in total. The summed E-state index contributed by atoms with van der Waals surface area (Å²) in [6, 6.07) is 21.5. The molecule has 1 atom stereocenters. The first kappa shape index (κ1) is 19.9. The number of aromatic nitrogens is 1. The highest BCUT2D eigenvalue weighted by atomic mass is 16.3. The zero-order chi connectivity index (χ0) is 21.3. The van der Waals surface area contributed by atoms with Crippen molar-refractivity contribution in [3.8, 4) is 0 Å². The van der Waals surface area contributed by atoms with Crippen LogP contribution in [0.25, 0.3) is 5.57 Å². The van der Waals surface area contributed by atoms with Gasteiger partial charge in [0.05, 0.1) is 18.3 Å². The van der Waals surface area contributed by atoms with E-state index in [4.69, 9.17) is 0 Å². The molecule has 30 heavy (non-hydrogen) atoms. The Bertz CT molecular complexity index is 1070. The first-order valence-electron chi connectivity index (χ1n) is 10.3. The quantitative estimate of drug-likeness (QED) is 0.612. The van der Waals surface area contributed by atoms with E-state index < -0.39 is 0 Å². The molecule has 4 heteroatoms. The van der Waals surface area contributed by atoms with Crippen molar-refractivity contribution >= 4 is 11.5 Å². The monoisotopic (exact) mass is 398 g/mol. The lowest BCUT2D eigenvalue weighted by atomic mass is 9.91.